The van der Waals surface area contributed by atoms with Crippen LogP contribution in [0.4, 0.5) is 16.2 Å². The van der Waals surface area contributed by atoms with E-state index in [-0.39, 0.29) is 19.0 Å². The van der Waals surface area contributed by atoms with Gasteiger partial charge in [-0.25, -0.2) is 4.79 Å². The molecule has 2 heterocycles. The molecule has 0 fully saturated rings. The lowest BCUT2D eigenvalue weighted by molar-refractivity contribution is 0.102. The lowest BCUT2D eigenvalue weighted by atomic mass is 10.1. The molecule has 0 spiro atoms. The molecule has 0 aliphatic rings. The summed E-state index contributed by atoms with van der Waals surface area (Å²) in [5.41, 5.74) is 9.83. The molecule has 4 rings (SSSR count). The van der Waals surface area contributed by atoms with E-state index in [1.54, 1.807) is 73.5 Å². The molecule has 37 heavy (non-hydrogen) atoms. The molecule has 0 saturated heterocycles. The molecule has 0 aliphatic carbocycles. The van der Waals surface area contributed by atoms with E-state index in [4.69, 9.17) is 5.73 Å². The normalized spacial score (nSPS) is 11.2. The minimum absolute atomic E-state index is 0.0955. The van der Waals surface area contributed by atoms with Crippen LogP contribution in [-0.4, -0.2) is 40.3 Å². The molecule has 4 aromatic rings. The minimum atomic E-state index is -2.51. The summed E-state index contributed by atoms with van der Waals surface area (Å²) in [4.78, 5) is 31.2. The summed E-state index contributed by atoms with van der Waals surface area (Å²) in [6, 6.07) is 18.0. The topological polar surface area (TPSA) is 126 Å². The summed E-state index contributed by atoms with van der Waals surface area (Å²) in [5.74, 6) is -0.317. The van der Waals surface area contributed by atoms with Crippen LogP contribution in [0.3, 0.4) is 0 Å². The Kier molecular flexibility index (Phi) is 7.76. The van der Waals surface area contributed by atoms with Crippen molar-refractivity contribution in [2.75, 3.05) is 24.4 Å². The van der Waals surface area contributed by atoms with Crippen molar-refractivity contribution >= 4 is 47.2 Å². The summed E-state index contributed by atoms with van der Waals surface area (Å²) in [5, 5.41) is 15.2. The second-order valence-electron chi connectivity index (χ2n) is 8.97. The number of thiophene rings is 1. The highest BCUT2D eigenvalue weighted by molar-refractivity contribution is 7.70. The highest BCUT2D eigenvalue weighted by Gasteiger charge is 2.17. The van der Waals surface area contributed by atoms with Gasteiger partial charge in [-0.15, -0.1) is 11.3 Å². The molecular formula is C27H27N4O4PS. The first-order valence-corrected chi connectivity index (χ1v) is 14.9. The highest BCUT2D eigenvalue weighted by Crippen LogP contribution is 2.34. The van der Waals surface area contributed by atoms with Crippen LogP contribution < -0.4 is 16.4 Å². The number of aromatic nitrogens is 1. The number of nitrogens with one attached hydrogen (secondary N) is 1. The number of hydrogen-bond donors (Lipinski definition) is 3. The number of rotatable bonds is 8. The highest BCUT2D eigenvalue weighted by atomic mass is 32.1. The third kappa shape index (κ3) is 6.64. The third-order valence-corrected chi connectivity index (χ3v) is 8.15. The number of benzene rings is 2. The van der Waals surface area contributed by atoms with Gasteiger partial charge in [-0.05, 0) is 71.8 Å². The zero-order chi connectivity index (χ0) is 26.6. The molecular weight excluding hydrogens is 507 g/mol. The van der Waals surface area contributed by atoms with Crippen molar-refractivity contribution in [3.8, 4) is 10.4 Å². The number of carbonyl (C=O) groups is 2. The van der Waals surface area contributed by atoms with Gasteiger partial charge >= 0.3 is 6.09 Å². The van der Waals surface area contributed by atoms with Gasteiger partial charge in [0.1, 0.15) is 7.14 Å². The molecule has 0 radical (unpaired) electrons. The van der Waals surface area contributed by atoms with Gasteiger partial charge in [-0.2, -0.15) is 0 Å². The average Bonchev–Trinajstić information content (AvgIpc) is 3.40. The Morgan fingerprint density at radius 3 is 2.41 bits per heavy atom. The summed E-state index contributed by atoms with van der Waals surface area (Å²) in [7, 11) is -2.51. The number of amides is 2. The van der Waals surface area contributed by atoms with E-state index in [0.29, 0.717) is 27.8 Å². The number of carboxylic acid groups (broad SMARTS) is 1. The van der Waals surface area contributed by atoms with Crippen LogP contribution in [0.5, 0.6) is 0 Å². The van der Waals surface area contributed by atoms with Crippen molar-refractivity contribution in [2.24, 2.45) is 0 Å². The van der Waals surface area contributed by atoms with Crippen LogP contribution >= 0.6 is 18.5 Å². The first-order valence-electron chi connectivity index (χ1n) is 11.4. The van der Waals surface area contributed by atoms with E-state index in [1.165, 1.54) is 4.90 Å². The zero-order valence-corrected chi connectivity index (χ0v) is 22.1. The van der Waals surface area contributed by atoms with Crippen LogP contribution in [-0.2, 0) is 17.7 Å². The van der Waals surface area contributed by atoms with Crippen LogP contribution in [0, 0.1) is 0 Å². The van der Waals surface area contributed by atoms with Crippen molar-refractivity contribution in [2.45, 2.75) is 13.1 Å². The van der Waals surface area contributed by atoms with Gasteiger partial charge in [0.05, 0.1) is 17.9 Å². The predicted molar refractivity (Wildman–Crippen MR) is 149 cm³/mol. The zero-order valence-electron chi connectivity index (χ0n) is 20.4. The monoisotopic (exact) mass is 534 g/mol. The second-order valence-corrected chi connectivity index (χ2v) is 13.1. The van der Waals surface area contributed by atoms with Crippen LogP contribution in [0.25, 0.3) is 10.4 Å². The molecule has 190 valence electrons. The maximum absolute atomic E-state index is 12.9. The van der Waals surface area contributed by atoms with Crippen molar-refractivity contribution in [1.82, 2.24) is 9.88 Å². The molecule has 2 aromatic carbocycles. The average molecular weight is 535 g/mol. The van der Waals surface area contributed by atoms with E-state index in [9.17, 15) is 19.3 Å². The van der Waals surface area contributed by atoms with Gasteiger partial charge in [-0.3, -0.25) is 14.7 Å². The largest absolute Gasteiger partial charge is 0.465 e. The summed E-state index contributed by atoms with van der Waals surface area (Å²) < 4.78 is 12.4. The van der Waals surface area contributed by atoms with Crippen LogP contribution in [0.2, 0.25) is 0 Å². The maximum Gasteiger partial charge on any atom is 0.407 e. The quantitative estimate of drug-likeness (QED) is 0.200. The van der Waals surface area contributed by atoms with Gasteiger partial charge < -0.3 is 20.7 Å². The molecule has 0 atom stereocenters. The fourth-order valence-electron chi connectivity index (χ4n) is 3.70. The van der Waals surface area contributed by atoms with Gasteiger partial charge in [-0.1, -0.05) is 24.3 Å². The minimum Gasteiger partial charge on any atom is -0.465 e. The maximum atomic E-state index is 12.9. The molecule has 0 aliphatic heterocycles. The number of nitrogens with two attached hydrogens (primary N) is 1. The van der Waals surface area contributed by atoms with Crippen LogP contribution in [0.15, 0.2) is 78.4 Å². The second kappa shape index (κ2) is 11.0. The van der Waals surface area contributed by atoms with E-state index in [0.717, 1.165) is 16.0 Å². The van der Waals surface area contributed by atoms with Gasteiger partial charge in [0.25, 0.3) is 5.91 Å². The number of hydrogen-bond acceptors (Lipinski definition) is 6. The lowest BCUT2D eigenvalue weighted by Crippen LogP contribution is -2.28. The Labute approximate surface area is 219 Å². The lowest BCUT2D eigenvalue weighted by Gasteiger charge is -2.20. The number of pyridine rings is 1. The molecule has 4 N–H and O–H groups in total. The number of nitrogens with zero attached hydrogens (tertiary/aromatic N) is 2. The van der Waals surface area contributed by atoms with Crippen molar-refractivity contribution in [1.29, 1.82) is 0 Å². The van der Waals surface area contributed by atoms with E-state index < -0.39 is 13.2 Å². The Morgan fingerprint density at radius 2 is 1.76 bits per heavy atom. The van der Waals surface area contributed by atoms with E-state index in [1.807, 2.05) is 29.6 Å². The van der Waals surface area contributed by atoms with Crippen molar-refractivity contribution in [3.63, 3.8) is 0 Å². The van der Waals surface area contributed by atoms with E-state index >= 15 is 0 Å². The standard InChI is InChI=1S/C27H27N4O4PS/c1-36(2,35)22-12-19(14-29-15-22)17-31(27(33)34)16-18-5-7-20(8-6-18)26(32)30-24-13-21(9-10-23(24)28)25-4-3-11-37-25/h3-15H,16-17,28H2,1-2H3,(H,30,32)(H,33,34). The van der Waals surface area contributed by atoms with Gasteiger partial charge in [0, 0.05) is 34.7 Å². The Morgan fingerprint density at radius 1 is 1.03 bits per heavy atom. The first-order chi connectivity index (χ1) is 17.6. The molecule has 0 bridgehead atoms. The first kappa shape index (κ1) is 26.1. The van der Waals surface area contributed by atoms with Crippen molar-refractivity contribution < 1.29 is 19.3 Å². The van der Waals surface area contributed by atoms with Gasteiger partial charge in [0.15, 0.2) is 0 Å². The molecule has 8 nitrogen and oxygen atoms in total. The Balaban J connectivity index is 1.44. The third-order valence-electron chi connectivity index (χ3n) is 5.74. The predicted octanol–water partition coefficient (Wildman–Crippen LogP) is 5.57. The van der Waals surface area contributed by atoms with E-state index in [2.05, 4.69) is 10.3 Å². The molecule has 10 heteroatoms. The number of carbonyl (C=O) groups excluding carboxylic acids is 1. The van der Waals surface area contributed by atoms with Crippen LogP contribution in [0.1, 0.15) is 21.5 Å². The smallest absolute Gasteiger partial charge is 0.407 e. The fourth-order valence-corrected chi connectivity index (χ4v) is 5.25. The summed E-state index contributed by atoms with van der Waals surface area (Å²) in [6.07, 6.45) is 2.02. The van der Waals surface area contributed by atoms with Crippen molar-refractivity contribution in [3.05, 3.63) is 95.1 Å². The number of nitrogen functional groups attached to an aromatic ring is 1. The number of anilines is 2. The molecule has 2 amide bonds. The Bertz CT molecular complexity index is 1470. The Hall–Kier alpha value is -3.94. The molecule has 0 unspecified atom stereocenters. The molecule has 2 aromatic heterocycles. The SMILES string of the molecule is CP(C)(=O)c1cncc(CN(Cc2ccc(C(=O)Nc3cc(-c4cccs4)ccc3N)cc2)C(=O)O)c1. The fraction of sp³-hybridized carbons (Fsp3) is 0.148. The summed E-state index contributed by atoms with van der Waals surface area (Å²) >= 11 is 1.60. The molecule has 0 saturated carbocycles. The summed E-state index contributed by atoms with van der Waals surface area (Å²) in [6.45, 7) is 3.51. The van der Waals surface area contributed by atoms with Gasteiger partial charge in [0.2, 0.25) is 0 Å².